The van der Waals surface area contributed by atoms with Gasteiger partial charge in [-0.1, -0.05) is 19.3 Å². The number of likely N-dealkylation sites (N-methyl/N-ethyl adjacent to an activating group) is 1. The van der Waals surface area contributed by atoms with Gasteiger partial charge in [-0.3, -0.25) is 4.90 Å². The minimum absolute atomic E-state index is 0.167. The second-order valence-corrected chi connectivity index (χ2v) is 8.76. The van der Waals surface area contributed by atoms with Crippen LogP contribution in [-0.2, 0) is 9.57 Å². The van der Waals surface area contributed by atoms with E-state index >= 15 is 0 Å². The van der Waals surface area contributed by atoms with Crippen LogP contribution in [0.3, 0.4) is 0 Å². The minimum Gasteiger partial charge on any atom is -0.444 e. The third kappa shape index (κ3) is 6.71. The first-order valence-corrected chi connectivity index (χ1v) is 10.3. The van der Waals surface area contributed by atoms with Crippen LogP contribution in [0.1, 0.15) is 65.7 Å². The van der Waals surface area contributed by atoms with Crippen LogP contribution in [0.2, 0.25) is 0 Å². The van der Waals surface area contributed by atoms with Gasteiger partial charge >= 0.3 is 6.09 Å². The monoisotopic (exact) mass is 369 g/mol. The highest BCUT2D eigenvalue weighted by Gasteiger charge is 2.33. The van der Waals surface area contributed by atoms with Crippen LogP contribution in [0, 0.1) is 0 Å². The predicted octanol–water partition coefficient (Wildman–Crippen LogP) is 3.51. The summed E-state index contributed by atoms with van der Waals surface area (Å²) in [6, 6.07) is 1.24. The average molecular weight is 370 g/mol. The highest BCUT2D eigenvalue weighted by Crippen LogP contribution is 2.28. The van der Waals surface area contributed by atoms with E-state index in [0.29, 0.717) is 12.1 Å². The van der Waals surface area contributed by atoms with E-state index in [2.05, 4.69) is 4.90 Å². The lowest BCUT2D eigenvalue weighted by Crippen LogP contribution is -2.52. The van der Waals surface area contributed by atoms with Gasteiger partial charge in [-0.2, -0.15) is 5.06 Å². The van der Waals surface area contributed by atoms with Gasteiger partial charge in [0.2, 0.25) is 0 Å². The molecule has 2 fully saturated rings. The quantitative estimate of drug-likeness (QED) is 0.671. The van der Waals surface area contributed by atoms with Crippen LogP contribution in [0.25, 0.3) is 0 Å². The summed E-state index contributed by atoms with van der Waals surface area (Å²) in [5.74, 6) is 0. The Bertz CT molecular complexity index is 425. The van der Waals surface area contributed by atoms with E-state index in [0.717, 1.165) is 39.0 Å². The number of piperidine rings is 1. The van der Waals surface area contributed by atoms with E-state index in [1.165, 1.54) is 32.1 Å². The third-order valence-corrected chi connectivity index (χ3v) is 5.61. The number of carbonyl (C=O) groups is 1. The second-order valence-electron chi connectivity index (χ2n) is 8.76. The molecule has 1 aliphatic heterocycles. The number of rotatable bonds is 6. The topological polar surface area (TPSA) is 45.2 Å². The Morgan fingerprint density at radius 3 is 2.12 bits per heavy atom. The van der Waals surface area contributed by atoms with Crippen LogP contribution in [0.15, 0.2) is 0 Å². The lowest BCUT2D eigenvalue weighted by atomic mass is 9.91. The molecule has 1 amide bonds. The molecule has 0 unspecified atom stereocenters. The lowest BCUT2D eigenvalue weighted by molar-refractivity contribution is -0.116. The molecule has 0 aromatic carbocycles. The molecule has 1 heterocycles. The maximum atomic E-state index is 12.3. The van der Waals surface area contributed by atoms with Crippen molar-refractivity contribution >= 4 is 6.09 Å². The van der Waals surface area contributed by atoms with Gasteiger partial charge in [0.05, 0.1) is 7.11 Å². The molecule has 0 N–H and O–H groups in total. The number of hydrogen-bond acceptors (Lipinski definition) is 5. The van der Waals surface area contributed by atoms with Crippen molar-refractivity contribution in [1.82, 2.24) is 14.9 Å². The standard InChI is InChI=1S/C20H39N3O3/c1-20(2,3)26-19(24)22-13-11-18(12-14-22)23(16-15-21(4)25-5)17-9-7-6-8-10-17/h17-18H,6-16H2,1-5H3. The van der Waals surface area contributed by atoms with Crippen molar-refractivity contribution in [3.8, 4) is 0 Å². The predicted molar refractivity (Wildman–Crippen MR) is 104 cm³/mol. The molecule has 152 valence electrons. The Kier molecular flexibility index (Phi) is 8.17. The summed E-state index contributed by atoms with van der Waals surface area (Å²) >= 11 is 0. The van der Waals surface area contributed by atoms with Crippen molar-refractivity contribution in [3.63, 3.8) is 0 Å². The molecule has 0 aromatic rings. The zero-order chi connectivity index (χ0) is 19.2. The summed E-state index contributed by atoms with van der Waals surface area (Å²) in [4.78, 5) is 22.2. The molecule has 2 aliphatic rings. The molecule has 6 nitrogen and oxygen atoms in total. The van der Waals surface area contributed by atoms with E-state index in [-0.39, 0.29) is 6.09 Å². The zero-order valence-corrected chi connectivity index (χ0v) is 17.5. The van der Waals surface area contributed by atoms with Crippen LogP contribution >= 0.6 is 0 Å². The van der Waals surface area contributed by atoms with Crippen molar-refractivity contribution in [2.45, 2.75) is 83.4 Å². The van der Waals surface area contributed by atoms with E-state index in [4.69, 9.17) is 9.57 Å². The molecule has 0 aromatic heterocycles. The first-order valence-electron chi connectivity index (χ1n) is 10.3. The van der Waals surface area contributed by atoms with Gasteiger partial charge in [0.25, 0.3) is 0 Å². The van der Waals surface area contributed by atoms with Gasteiger partial charge < -0.3 is 14.5 Å². The van der Waals surface area contributed by atoms with Gasteiger partial charge in [-0.05, 0) is 46.5 Å². The van der Waals surface area contributed by atoms with Crippen molar-refractivity contribution in [3.05, 3.63) is 0 Å². The average Bonchev–Trinajstić information content (AvgIpc) is 2.61. The first-order chi connectivity index (χ1) is 12.3. The summed E-state index contributed by atoms with van der Waals surface area (Å²) in [7, 11) is 3.72. The summed E-state index contributed by atoms with van der Waals surface area (Å²) in [5, 5.41) is 1.91. The molecule has 0 radical (unpaired) electrons. The van der Waals surface area contributed by atoms with E-state index in [1.54, 1.807) is 7.11 Å². The summed E-state index contributed by atoms with van der Waals surface area (Å²) in [6.45, 7) is 9.31. The molecular formula is C20H39N3O3. The lowest BCUT2D eigenvalue weighted by Gasteiger charge is -2.44. The van der Waals surface area contributed by atoms with E-state index < -0.39 is 5.60 Å². The van der Waals surface area contributed by atoms with Crippen LogP contribution in [0.4, 0.5) is 4.79 Å². The van der Waals surface area contributed by atoms with Crippen molar-refractivity contribution in [1.29, 1.82) is 0 Å². The molecule has 2 rings (SSSR count). The smallest absolute Gasteiger partial charge is 0.410 e. The molecule has 0 bridgehead atoms. The number of carbonyl (C=O) groups excluding carboxylic acids is 1. The van der Waals surface area contributed by atoms with Gasteiger partial charge in [0, 0.05) is 45.3 Å². The summed E-state index contributed by atoms with van der Waals surface area (Å²) in [5.41, 5.74) is -0.424. The highest BCUT2D eigenvalue weighted by molar-refractivity contribution is 5.68. The Morgan fingerprint density at radius 2 is 1.58 bits per heavy atom. The molecule has 6 heteroatoms. The SMILES string of the molecule is CON(C)CCN(C1CCCCC1)C1CCN(C(=O)OC(C)(C)C)CC1. The molecule has 0 atom stereocenters. The zero-order valence-electron chi connectivity index (χ0n) is 17.5. The maximum absolute atomic E-state index is 12.3. The number of nitrogens with zero attached hydrogens (tertiary/aromatic N) is 3. The number of ether oxygens (including phenoxy) is 1. The van der Waals surface area contributed by atoms with Crippen molar-refractivity contribution in [2.75, 3.05) is 40.3 Å². The molecule has 26 heavy (non-hydrogen) atoms. The fourth-order valence-electron chi connectivity index (χ4n) is 4.13. The van der Waals surface area contributed by atoms with Crippen molar-refractivity contribution in [2.24, 2.45) is 0 Å². The van der Waals surface area contributed by atoms with Gasteiger partial charge in [0.1, 0.15) is 5.60 Å². The molecule has 1 aliphatic carbocycles. The normalized spacial score (nSPS) is 20.8. The fourth-order valence-corrected chi connectivity index (χ4v) is 4.13. The van der Waals surface area contributed by atoms with Crippen LogP contribution in [-0.4, -0.2) is 79.0 Å². The van der Waals surface area contributed by atoms with Gasteiger partial charge in [-0.15, -0.1) is 0 Å². The van der Waals surface area contributed by atoms with Gasteiger partial charge in [0.15, 0.2) is 0 Å². The second kappa shape index (κ2) is 9.90. The van der Waals surface area contributed by atoms with Crippen LogP contribution < -0.4 is 0 Å². The summed E-state index contributed by atoms with van der Waals surface area (Å²) in [6.07, 6.45) is 8.58. The summed E-state index contributed by atoms with van der Waals surface area (Å²) < 4.78 is 5.53. The Labute approximate surface area is 159 Å². The fraction of sp³-hybridized carbons (Fsp3) is 0.950. The molecule has 0 spiro atoms. The number of likely N-dealkylation sites (tertiary alicyclic amines) is 1. The number of amides is 1. The van der Waals surface area contributed by atoms with Gasteiger partial charge in [-0.25, -0.2) is 4.79 Å². The number of hydrogen-bond donors (Lipinski definition) is 0. The molecule has 1 saturated carbocycles. The highest BCUT2D eigenvalue weighted by atomic mass is 16.7. The minimum atomic E-state index is -0.424. The Morgan fingerprint density at radius 1 is 1.00 bits per heavy atom. The Balaban J connectivity index is 1.91. The first kappa shape index (κ1) is 21.5. The Hall–Kier alpha value is -0.850. The van der Waals surface area contributed by atoms with Crippen LogP contribution in [0.5, 0.6) is 0 Å². The maximum Gasteiger partial charge on any atom is 0.410 e. The molecular weight excluding hydrogens is 330 g/mol. The molecule has 1 saturated heterocycles. The van der Waals surface area contributed by atoms with E-state index in [1.807, 2.05) is 37.8 Å². The van der Waals surface area contributed by atoms with E-state index in [9.17, 15) is 4.79 Å². The largest absolute Gasteiger partial charge is 0.444 e. The van der Waals surface area contributed by atoms with Crippen molar-refractivity contribution < 1.29 is 14.4 Å². The third-order valence-electron chi connectivity index (χ3n) is 5.61. The number of hydroxylamine groups is 2.